The van der Waals surface area contributed by atoms with Crippen molar-refractivity contribution < 1.29 is 4.79 Å². The third-order valence-electron chi connectivity index (χ3n) is 3.12. The molecule has 1 aromatic heterocycles. The van der Waals surface area contributed by atoms with Gasteiger partial charge in [-0.2, -0.15) is 0 Å². The summed E-state index contributed by atoms with van der Waals surface area (Å²) in [5.74, 6) is 3.23. The number of carbonyl (C=O) groups excluding carboxylic acids is 1. The summed E-state index contributed by atoms with van der Waals surface area (Å²) in [6.07, 6.45) is 5.94. The van der Waals surface area contributed by atoms with E-state index in [0.717, 1.165) is 23.3 Å². The van der Waals surface area contributed by atoms with E-state index >= 15 is 0 Å². The van der Waals surface area contributed by atoms with Gasteiger partial charge in [0.25, 0.3) is 0 Å². The minimum absolute atomic E-state index is 0.0872. The Balaban J connectivity index is 2.43. The lowest BCUT2D eigenvalue weighted by Crippen LogP contribution is -2.31. The Labute approximate surface area is 112 Å². The second-order valence-electron chi connectivity index (χ2n) is 4.34. The predicted octanol–water partition coefficient (Wildman–Crippen LogP) is 1.91. The number of aryl methyl sites for hydroxylation is 1. The van der Waals surface area contributed by atoms with Gasteiger partial charge in [-0.3, -0.25) is 4.79 Å². The van der Waals surface area contributed by atoms with Crippen molar-refractivity contribution in [3.8, 4) is 12.3 Å². The van der Waals surface area contributed by atoms with Gasteiger partial charge in [-0.05, 0) is 19.1 Å². The Bertz CT molecular complexity index is 636. The number of aromatic nitrogens is 2. The maximum absolute atomic E-state index is 12.1. The zero-order valence-corrected chi connectivity index (χ0v) is 11.2. The number of fused-ring (bicyclic) bond motifs is 1. The highest BCUT2D eigenvalue weighted by Gasteiger charge is 2.19. The van der Waals surface area contributed by atoms with Gasteiger partial charge in [-0.25, -0.2) is 4.98 Å². The lowest BCUT2D eigenvalue weighted by molar-refractivity contribution is -0.123. The number of imidazole rings is 1. The van der Waals surface area contributed by atoms with Gasteiger partial charge in [0.2, 0.25) is 5.91 Å². The molecule has 2 aromatic rings. The molecule has 0 radical (unpaired) electrons. The van der Waals surface area contributed by atoms with Crippen molar-refractivity contribution in [2.75, 3.05) is 6.54 Å². The van der Waals surface area contributed by atoms with Gasteiger partial charge in [0, 0.05) is 6.42 Å². The van der Waals surface area contributed by atoms with Crippen LogP contribution in [0.25, 0.3) is 11.0 Å². The maximum Gasteiger partial charge on any atom is 0.243 e. The average molecular weight is 255 g/mol. The van der Waals surface area contributed by atoms with Gasteiger partial charge in [0.1, 0.15) is 11.9 Å². The quantitative estimate of drug-likeness (QED) is 0.848. The van der Waals surface area contributed by atoms with E-state index in [-0.39, 0.29) is 18.5 Å². The number of para-hydroxylation sites is 2. The highest BCUT2D eigenvalue weighted by Crippen LogP contribution is 2.21. The summed E-state index contributed by atoms with van der Waals surface area (Å²) in [5.41, 5.74) is 1.89. The molecule has 98 valence electrons. The molecule has 0 aliphatic rings. The van der Waals surface area contributed by atoms with Gasteiger partial charge >= 0.3 is 0 Å². The van der Waals surface area contributed by atoms with E-state index in [1.165, 1.54) is 0 Å². The largest absolute Gasteiger partial charge is 0.343 e. The van der Waals surface area contributed by atoms with Crippen molar-refractivity contribution in [1.82, 2.24) is 14.9 Å². The molecule has 1 aromatic carbocycles. The second-order valence-corrected chi connectivity index (χ2v) is 4.34. The SMILES string of the molecule is C#CCNC(=O)C(C)n1c(CC)nc2ccccc21. The molecule has 0 aliphatic carbocycles. The molecule has 1 atom stereocenters. The molecule has 0 aliphatic heterocycles. The number of amides is 1. The molecule has 4 nitrogen and oxygen atoms in total. The summed E-state index contributed by atoms with van der Waals surface area (Å²) in [6, 6.07) is 7.51. The lowest BCUT2D eigenvalue weighted by atomic mass is 10.2. The summed E-state index contributed by atoms with van der Waals surface area (Å²) in [4.78, 5) is 16.6. The molecular weight excluding hydrogens is 238 g/mol. The average Bonchev–Trinajstić information content (AvgIpc) is 2.82. The smallest absolute Gasteiger partial charge is 0.243 e. The van der Waals surface area contributed by atoms with E-state index < -0.39 is 0 Å². The molecule has 2 rings (SSSR count). The topological polar surface area (TPSA) is 46.9 Å². The molecule has 4 heteroatoms. The Morgan fingerprint density at radius 3 is 2.95 bits per heavy atom. The van der Waals surface area contributed by atoms with Crippen molar-refractivity contribution in [1.29, 1.82) is 0 Å². The summed E-state index contributed by atoms with van der Waals surface area (Å²) in [7, 11) is 0. The van der Waals surface area contributed by atoms with E-state index in [2.05, 4.69) is 16.2 Å². The van der Waals surface area contributed by atoms with Crippen molar-refractivity contribution >= 4 is 16.9 Å². The van der Waals surface area contributed by atoms with Crippen molar-refractivity contribution in [3.63, 3.8) is 0 Å². The van der Waals surface area contributed by atoms with Crippen LogP contribution in [0.4, 0.5) is 0 Å². The van der Waals surface area contributed by atoms with Gasteiger partial charge in [0.15, 0.2) is 0 Å². The Hall–Kier alpha value is -2.28. The first kappa shape index (κ1) is 13.2. The van der Waals surface area contributed by atoms with Crippen LogP contribution in [0.2, 0.25) is 0 Å². The predicted molar refractivity (Wildman–Crippen MR) is 75.7 cm³/mol. The standard InChI is InChI=1S/C15H17N3O/c1-4-10-16-15(19)11(3)18-13-9-7-6-8-12(13)17-14(18)5-2/h1,6-9,11H,5,10H2,2-3H3,(H,16,19). The molecule has 1 amide bonds. The van der Waals surface area contributed by atoms with Crippen LogP contribution < -0.4 is 5.32 Å². The molecule has 0 bridgehead atoms. The van der Waals surface area contributed by atoms with Crippen LogP contribution in [0.3, 0.4) is 0 Å². The fraction of sp³-hybridized carbons (Fsp3) is 0.333. The number of hydrogen-bond donors (Lipinski definition) is 1. The van der Waals surface area contributed by atoms with Gasteiger partial charge in [-0.15, -0.1) is 6.42 Å². The van der Waals surface area contributed by atoms with Crippen molar-refractivity contribution in [2.24, 2.45) is 0 Å². The number of nitrogens with one attached hydrogen (secondary N) is 1. The molecule has 1 N–H and O–H groups in total. The highest BCUT2D eigenvalue weighted by molar-refractivity contribution is 5.84. The van der Waals surface area contributed by atoms with E-state index in [4.69, 9.17) is 6.42 Å². The van der Waals surface area contributed by atoms with Gasteiger partial charge < -0.3 is 9.88 Å². The number of terminal acetylenes is 1. The Kier molecular flexibility index (Phi) is 3.86. The molecule has 1 unspecified atom stereocenters. The molecule has 0 fully saturated rings. The molecular formula is C15H17N3O. The molecule has 0 saturated heterocycles. The number of rotatable bonds is 4. The number of benzene rings is 1. The third kappa shape index (κ3) is 2.45. The van der Waals surface area contributed by atoms with Crippen molar-refractivity contribution in [3.05, 3.63) is 30.1 Å². The monoisotopic (exact) mass is 255 g/mol. The number of carbonyl (C=O) groups is 1. The fourth-order valence-corrected chi connectivity index (χ4v) is 2.18. The van der Waals surface area contributed by atoms with E-state index in [1.54, 1.807) is 0 Å². The normalized spacial score (nSPS) is 12.1. The second kappa shape index (κ2) is 5.57. The van der Waals surface area contributed by atoms with Crippen molar-refractivity contribution in [2.45, 2.75) is 26.3 Å². The minimum atomic E-state index is -0.323. The fourth-order valence-electron chi connectivity index (χ4n) is 2.18. The lowest BCUT2D eigenvalue weighted by Gasteiger charge is -2.16. The molecule has 19 heavy (non-hydrogen) atoms. The summed E-state index contributed by atoms with van der Waals surface area (Å²) in [5, 5.41) is 2.71. The first-order chi connectivity index (χ1) is 9.19. The summed E-state index contributed by atoms with van der Waals surface area (Å²) >= 11 is 0. The zero-order valence-electron chi connectivity index (χ0n) is 11.2. The van der Waals surface area contributed by atoms with E-state index in [9.17, 15) is 4.79 Å². The maximum atomic E-state index is 12.1. The molecule has 0 spiro atoms. The van der Waals surface area contributed by atoms with Crippen LogP contribution in [0.5, 0.6) is 0 Å². The molecule has 0 saturated carbocycles. The van der Waals surface area contributed by atoms with Crippen LogP contribution in [-0.2, 0) is 11.2 Å². The van der Waals surface area contributed by atoms with Gasteiger partial charge in [-0.1, -0.05) is 25.0 Å². The Morgan fingerprint density at radius 1 is 1.53 bits per heavy atom. The third-order valence-corrected chi connectivity index (χ3v) is 3.12. The summed E-state index contributed by atoms with van der Waals surface area (Å²) in [6.45, 7) is 4.14. The number of hydrogen-bond acceptors (Lipinski definition) is 2. The highest BCUT2D eigenvalue weighted by atomic mass is 16.2. The van der Waals surface area contributed by atoms with E-state index in [0.29, 0.717) is 0 Å². The van der Waals surface area contributed by atoms with Crippen LogP contribution >= 0.6 is 0 Å². The minimum Gasteiger partial charge on any atom is -0.343 e. The molecule has 1 heterocycles. The number of nitrogens with zero attached hydrogens (tertiary/aromatic N) is 2. The Morgan fingerprint density at radius 2 is 2.26 bits per heavy atom. The van der Waals surface area contributed by atoms with Crippen LogP contribution in [0.15, 0.2) is 24.3 Å². The van der Waals surface area contributed by atoms with Crippen LogP contribution in [-0.4, -0.2) is 22.0 Å². The first-order valence-electron chi connectivity index (χ1n) is 6.36. The van der Waals surface area contributed by atoms with Crippen LogP contribution in [0.1, 0.15) is 25.7 Å². The van der Waals surface area contributed by atoms with Gasteiger partial charge in [0.05, 0.1) is 17.6 Å². The zero-order chi connectivity index (χ0) is 13.8. The summed E-state index contributed by atoms with van der Waals surface area (Å²) < 4.78 is 1.97. The first-order valence-corrected chi connectivity index (χ1v) is 6.36. The van der Waals surface area contributed by atoms with E-state index in [1.807, 2.05) is 42.7 Å². The van der Waals surface area contributed by atoms with Crippen LogP contribution in [0, 0.1) is 12.3 Å².